The molecule has 0 fully saturated rings. The number of Topliss-reactive ketones (excluding diaryl/α,β-unsaturated/α-hetero) is 1. The third-order valence-electron chi connectivity index (χ3n) is 2.97. The third-order valence-corrected chi connectivity index (χ3v) is 3.28. The smallest absolute Gasteiger partial charge is 0.171 e. The maximum absolute atomic E-state index is 13.2. The molecule has 0 spiro atoms. The highest BCUT2D eigenvalue weighted by Crippen LogP contribution is 2.26. The van der Waals surface area contributed by atoms with Gasteiger partial charge in [-0.05, 0) is 17.7 Å². The minimum Gasteiger partial charge on any atom is -0.293 e. The minimum absolute atomic E-state index is 0.00285. The van der Waals surface area contributed by atoms with Crippen LogP contribution in [0.2, 0.25) is 5.02 Å². The lowest BCUT2D eigenvalue weighted by molar-refractivity contribution is 0.0965. The predicted molar refractivity (Wildman–Crippen MR) is 70.6 cm³/mol. The third kappa shape index (κ3) is 2.82. The summed E-state index contributed by atoms with van der Waals surface area (Å²) in [5, 5.41) is -0.0771. The number of rotatable bonds is 3. The molecule has 0 aliphatic carbocycles. The topological polar surface area (TPSA) is 17.1 Å². The fourth-order valence-corrected chi connectivity index (χ4v) is 2.08. The molecule has 98 valence electrons. The zero-order valence-electron chi connectivity index (χ0n) is 10.2. The lowest BCUT2D eigenvalue weighted by Crippen LogP contribution is -2.11. The number of carbonyl (C=O) groups is 1. The molecule has 0 amide bonds. The van der Waals surface area contributed by atoms with Gasteiger partial charge >= 0.3 is 0 Å². The highest BCUT2D eigenvalue weighted by Gasteiger charge is 2.21. The molecule has 0 radical (unpaired) electrons. The summed E-state index contributed by atoms with van der Waals surface area (Å²) in [5.41, 5.74) is 0.796. The van der Waals surface area contributed by atoms with Gasteiger partial charge < -0.3 is 0 Å². The van der Waals surface area contributed by atoms with Gasteiger partial charge in [-0.1, -0.05) is 48.9 Å². The molecule has 19 heavy (non-hydrogen) atoms. The van der Waals surface area contributed by atoms with Crippen LogP contribution in [0.5, 0.6) is 0 Å². The van der Waals surface area contributed by atoms with E-state index in [4.69, 9.17) is 11.6 Å². The van der Waals surface area contributed by atoms with E-state index < -0.39 is 17.6 Å². The van der Waals surface area contributed by atoms with E-state index in [1.807, 2.05) is 18.2 Å². The maximum Gasteiger partial charge on any atom is 0.171 e. The molecule has 4 heteroatoms. The van der Waals surface area contributed by atoms with Crippen LogP contribution in [0.1, 0.15) is 28.8 Å². The number of hydrogen-bond acceptors (Lipinski definition) is 1. The lowest BCUT2D eigenvalue weighted by Gasteiger charge is -2.12. The Hall–Kier alpha value is -1.74. The molecule has 0 saturated heterocycles. The average molecular weight is 281 g/mol. The molecule has 2 aromatic rings. The Balaban J connectivity index is 2.37. The fraction of sp³-hybridized carbons (Fsp3) is 0.133. The Kier molecular flexibility index (Phi) is 3.96. The SMILES string of the molecule is CC(C(=O)c1cc(F)c(F)cc1Cl)c1ccccc1. The summed E-state index contributed by atoms with van der Waals surface area (Å²) in [7, 11) is 0. The van der Waals surface area contributed by atoms with Gasteiger partial charge in [0.2, 0.25) is 0 Å². The number of hydrogen-bond donors (Lipinski definition) is 0. The van der Waals surface area contributed by atoms with Crippen molar-refractivity contribution in [2.45, 2.75) is 12.8 Å². The predicted octanol–water partition coefficient (Wildman–Crippen LogP) is 4.60. The van der Waals surface area contributed by atoms with Gasteiger partial charge in [0, 0.05) is 11.5 Å². The van der Waals surface area contributed by atoms with E-state index in [0.29, 0.717) is 0 Å². The van der Waals surface area contributed by atoms with Gasteiger partial charge in [0.25, 0.3) is 0 Å². The molecule has 0 aliphatic heterocycles. The standard InChI is InChI=1S/C15H11ClF2O/c1-9(10-5-3-2-4-6-10)15(19)11-7-13(17)14(18)8-12(11)16/h2-9H,1H3. The highest BCUT2D eigenvalue weighted by molar-refractivity contribution is 6.34. The summed E-state index contributed by atoms with van der Waals surface area (Å²) in [6.45, 7) is 1.70. The number of ketones is 1. The van der Waals surface area contributed by atoms with E-state index in [1.165, 1.54) is 0 Å². The van der Waals surface area contributed by atoms with Crippen molar-refractivity contribution < 1.29 is 13.6 Å². The molecule has 1 unspecified atom stereocenters. The van der Waals surface area contributed by atoms with E-state index in [2.05, 4.69) is 0 Å². The summed E-state index contributed by atoms with van der Waals surface area (Å²) in [4.78, 5) is 12.3. The average Bonchev–Trinajstić information content (AvgIpc) is 2.42. The molecule has 0 N–H and O–H groups in total. The quantitative estimate of drug-likeness (QED) is 0.593. The summed E-state index contributed by atoms with van der Waals surface area (Å²) in [6, 6.07) is 10.7. The first-order valence-electron chi connectivity index (χ1n) is 5.74. The molecule has 0 bridgehead atoms. The molecule has 1 nitrogen and oxygen atoms in total. The zero-order valence-corrected chi connectivity index (χ0v) is 10.9. The summed E-state index contributed by atoms with van der Waals surface area (Å²) >= 11 is 5.80. The van der Waals surface area contributed by atoms with Gasteiger partial charge in [-0.15, -0.1) is 0 Å². The van der Waals surface area contributed by atoms with Crippen LogP contribution in [0.3, 0.4) is 0 Å². The van der Waals surface area contributed by atoms with Crippen molar-refractivity contribution in [3.63, 3.8) is 0 Å². The highest BCUT2D eigenvalue weighted by atomic mass is 35.5. The van der Waals surface area contributed by atoms with Gasteiger partial charge in [-0.25, -0.2) is 8.78 Å². The number of benzene rings is 2. The van der Waals surface area contributed by atoms with Crippen molar-refractivity contribution in [2.24, 2.45) is 0 Å². The summed E-state index contributed by atoms with van der Waals surface area (Å²) < 4.78 is 26.2. The molecular formula is C15H11ClF2O. The monoisotopic (exact) mass is 280 g/mol. The van der Waals surface area contributed by atoms with E-state index in [9.17, 15) is 13.6 Å². The van der Waals surface area contributed by atoms with Crippen molar-refractivity contribution in [3.8, 4) is 0 Å². The first-order chi connectivity index (χ1) is 9.00. The van der Waals surface area contributed by atoms with Crippen LogP contribution >= 0.6 is 11.6 Å². The van der Waals surface area contributed by atoms with E-state index in [0.717, 1.165) is 17.7 Å². The van der Waals surface area contributed by atoms with Gasteiger partial charge in [-0.3, -0.25) is 4.79 Å². The van der Waals surface area contributed by atoms with Gasteiger partial charge in [0.05, 0.1) is 5.02 Å². The molecule has 0 aliphatic rings. The molecule has 0 saturated carbocycles. The Bertz CT molecular complexity index is 611. The zero-order chi connectivity index (χ0) is 14.0. The van der Waals surface area contributed by atoms with Crippen LogP contribution in [-0.4, -0.2) is 5.78 Å². The lowest BCUT2D eigenvalue weighted by atomic mass is 9.92. The Morgan fingerprint density at radius 3 is 2.32 bits per heavy atom. The van der Waals surface area contributed by atoms with Gasteiger partial charge in [0.1, 0.15) is 0 Å². The Labute approximate surface area is 114 Å². The van der Waals surface area contributed by atoms with Crippen LogP contribution in [0, 0.1) is 11.6 Å². The van der Waals surface area contributed by atoms with Crippen LogP contribution in [0.4, 0.5) is 8.78 Å². The van der Waals surface area contributed by atoms with Crippen molar-refractivity contribution >= 4 is 17.4 Å². The fourth-order valence-electron chi connectivity index (χ4n) is 1.84. The molecule has 2 rings (SSSR count). The minimum atomic E-state index is -1.08. The first-order valence-corrected chi connectivity index (χ1v) is 6.12. The van der Waals surface area contributed by atoms with Crippen LogP contribution in [0.25, 0.3) is 0 Å². The van der Waals surface area contributed by atoms with E-state index >= 15 is 0 Å². The van der Waals surface area contributed by atoms with Crippen LogP contribution in [-0.2, 0) is 0 Å². The maximum atomic E-state index is 13.2. The Morgan fingerprint density at radius 2 is 1.68 bits per heavy atom. The Morgan fingerprint density at radius 1 is 1.11 bits per heavy atom. The molecular weight excluding hydrogens is 270 g/mol. The van der Waals surface area contributed by atoms with Crippen molar-refractivity contribution in [2.75, 3.05) is 0 Å². The van der Waals surface area contributed by atoms with Crippen LogP contribution < -0.4 is 0 Å². The van der Waals surface area contributed by atoms with Gasteiger partial charge in [0.15, 0.2) is 17.4 Å². The first kappa shape index (κ1) is 13.7. The number of carbonyl (C=O) groups excluding carboxylic acids is 1. The van der Waals surface area contributed by atoms with E-state index in [1.54, 1.807) is 19.1 Å². The normalized spacial score (nSPS) is 12.2. The molecule has 0 aromatic heterocycles. The molecule has 2 aromatic carbocycles. The summed E-state index contributed by atoms with van der Waals surface area (Å²) in [5.74, 6) is -2.94. The summed E-state index contributed by atoms with van der Waals surface area (Å²) in [6.07, 6.45) is 0. The largest absolute Gasteiger partial charge is 0.293 e. The van der Waals surface area contributed by atoms with Crippen molar-refractivity contribution in [1.82, 2.24) is 0 Å². The van der Waals surface area contributed by atoms with Crippen molar-refractivity contribution in [1.29, 1.82) is 0 Å². The number of halogens is 3. The second kappa shape index (κ2) is 5.49. The molecule has 0 heterocycles. The van der Waals surface area contributed by atoms with Crippen LogP contribution in [0.15, 0.2) is 42.5 Å². The second-order valence-corrected chi connectivity index (χ2v) is 4.65. The molecule has 1 atom stereocenters. The van der Waals surface area contributed by atoms with E-state index in [-0.39, 0.29) is 16.4 Å². The van der Waals surface area contributed by atoms with Crippen molar-refractivity contribution in [3.05, 3.63) is 70.2 Å². The second-order valence-electron chi connectivity index (χ2n) is 4.24. The van der Waals surface area contributed by atoms with Gasteiger partial charge in [-0.2, -0.15) is 0 Å².